The molecular formula is C26H30N2O6S. The number of aliphatic carboxylic acids is 1. The third-order valence-corrected chi connectivity index (χ3v) is 9.28. The Balaban J connectivity index is 1.58. The number of anilines is 1. The monoisotopic (exact) mass is 498 g/mol. The molecule has 3 aliphatic rings. The quantitative estimate of drug-likeness (QED) is 0.591. The second-order valence-electron chi connectivity index (χ2n) is 9.57. The SMILES string of the molecule is COc1ccc(S(=O)(=O)N2c3ccccc3C(N(C(=O)CCC(=O)O)C3CC3)C3CCCC32)cc1. The fourth-order valence-corrected chi connectivity index (χ4v) is 7.53. The number of fused-ring (bicyclic) bond motifs is 2. The van der Waals surface area contributed by atoms with Crippen molar-refractivity contribution in [2.45, 2.75) is 68.0 Å². The molecule has 186 valence electrons. The van der Waals surface area contributed by atoms with E-state index in [1.807, 2.05) is 29.2 Å². The van der Waals surface area contributed by atoms with Crippen LogP contribution in [-0.2, 0) is 19.6 Å². The lowest BCUT2D eigenvalue weighted by atomic mass is 9.82. The minimum absolute atomic E-state index is 0.0459. The first-order valence-corrected chi connectivity index (χ1v) is 13.6. The third-order valence-electron chi connectivity index (χ3n) is 7.43. The molecule has 2 aliphatic carbocycles. The van der Waals surface area contributed by atoms with E-state index in [1.54, 1.807) is 28.6 Å². The fraction of sp³-hybridized carbons (Fsp3) is 0.462. The van der Waals surface area contributed by atoms with Crippen LogP contribution >= 0.6 is 0 Å². The molecular weight excluding hydrogens is 468 g/mol. The smallest absolute Gasteiger partial charge is 0.303 e. The van der Waals surface area contributed by atoms with Crippen LogP contribution in [0.4, 0.5) is 5.69 Å². The number of hydrogen-bond acceptors (Lipinski definition) is 5. The van der Waals surface area contributed by atoms with Crippen LogP contribution in [0.3, 0.4) is 0 Å². The summed E-state index contributed by atoms with van der Waals surface area (Å²) in [4.78, 5) is 26.5. The number of carbonyl (C=O) groups excluding carboxylic acids is 1. The summed E-state index contributed by atoms with van der Waals surface area (Å²) >= 11 is 0. The normalized spacial score (nSPS) is 23.3. The zero-order valence-electron chi connectivity index (χ0n) is 19.7. The zero-order valence-corrected chi connectivity index (χ0v) is 20.5. The van der Waals surface area contributed by atoms with Crippen LogP contribution in [0.15, 0.2) is 53.4 Å². The molecule has 8 nitrogen and oxygen atoms in total. The number of methoxy groups -OCH3 is 1. The topological polar surface area (TPSA) is 104 Å². The lowest BCUT2D eigenvalue weighted by molar-refractivity contribution is -0.142. The first-order chi connectivity index (χ1) is 16.8. The second kappa shape index (κ2) is 9.18. The summed E-state index contributed by atoms with van der Waals surface area (Å²) in [6, 6.07) is 13.4. The molecule has 9 heteroatoms. The number of amides is 1. The molecule has 2 aromatic rings. The summed E-state index contributed by atoms with van der Waals surface area (Å²) in [6.45, 7) is 0. The molecule has 2 saturated carbocycles. The van der Waals surface area contributed by atoms with Gasteiger partial charge in [0.05, 0.1) is 36.2 Å². The number of carboxylic acid groups (broad SMARTS) is 1. The van der Waals surface area contributed by atoms with Crippen molar-refractivity contribution in [3.8, 4) is 5.75 Å². The van der Waals surface area contributed by atoms with Crippen molar-refractivity contribution in [3.63, 3.8) is 0 Å². The number of hydrogen-bond donors (Lipinski definition) is 1. The van der Waals surface area contributed by atoms with Crippen LogP contribution in [0.2, 0.25) is 0 Å². The summed E-state index contributed by atoms with van der Waals surface area (Å²) < 4.78 is 34.7. The van der Waals surface area contributed by atoms with E-state index < -0.39 is 16.0 Å². The Morgan fingerprint density at radius 3 is 2.40 bits per heavy atom. The molecule has 0 bridgehead atoms. The maximum atomic E-state index is 14.0. The molecule has 1 aliphatic heterocycles. The lowest BCUT2D eigenvalue weighted by Gasteiger charge is -2.48. The van der Waals surface area contributed by atoms with Gasteiger partial charge in [-0.2, -0.15) is 0 Å². The highest BCUT2D eigenvalue weighted by Crippen LogP contribution is 2.53. The van der Waals surface area contributed by atoms with E-state index in [-0.39, 0.29) is 47.7 Å². The molecule has 1 N–H and O–H groups in total. The summed E-state index contributed by atoms with van der Waals surface area (Å²) in [7, 11) is -2.31. The number of carbonyl (C=O) groups is 2. The van der Waals surface area contributed by atoms with Crippen LogP contribution in [-0.4, -0.2) is 49.5 Å². The highest BCUT2D eigenvalue weighted by atomic mass is 32.2. The number of nitrogens with zero attached hydrogens (tertiary/aromatic N) is 2. The van der Waals surface area contributed by atoms with Gasteiger partial charge in [0, 0.05) is 18.4 Å². The minimum atomic E-state index is -3.85. The number of rotatable bonds is 8. The molecule has 2 aromatic carbocycles. The molecule has 0 spiro atoms. The van der Waals surface area contributed by atoms with Crippen molar-refractivity contribution in [2.75, 3.05) is 11.4 Å². The molecule has 1 heterocycles. The Morgan fingerprint density at radius 1 is 1.03 bits per heavy atom. The van der Waals surface area contributed by atoms with Gasteiger partial charge >= 0.3 is 5.97 Å². The number of carboxylic acids is 1. The van der Waals surface area contributed by atoms with Gasteiger partial charge in [0.15, 0.2) is 0 Å². The van der Waals surface area contributed by atoms with Gasteiger partial charge in [0.1, 0.15) is 5.75 Å². The van der Waals surface area contributed by atoms with E-state index in [2.05, 4.69) is 0 Å². The first kappa shape index (κ1) is 23.7. The Kier molecular flexibility index (Phi) is 6.21. The first-order valence-electron chi connectivity index (χ1n) is 12.1. The maximum Gasteiger partial charge on any atom is 0.303 e. The van der Waals surface area contributed by atoms with Crippen molar-refractivity contribution in [2.24, 2.45) is 5.92 Å². The Hall–Kier alpha value is -3.07. The number of para-hydroxylation sites is 1. The van der Waals surface area contributed by atoms with Gasteiger partial charge in [0.2, 0.25) is 5.91 Å². The van der Waals surface area contributed by atoms with Crippen molar-refractivity contribution < 1.29 is 27.9 Å². The van der Waals surface area contributed by atoms with Gasteiger partial charge in [-0.3, -0.25) is 13.9 Å². The Morgan fingerprint density at radius 2 is 1.74 bits per heavy atom. The van der Waals surface area contributed by atoms with Gasteiger partial charge in [-0.05, 0) is 61.6 Å². The molecule has 2 fully saturated rings. The minimum Gasteiger partial charge on any atom is -0.497 e. The average molecular weight is 499 g/mol. The standard InChI is InChI=1S/C26H30N2O6S/c1-34-18-11-13-19(14-12-18)35(32,33)28-22-7-3-2-5-20(22)26(21-6-4-8-23(21)28)27(17-9-10-17)24(29)15-16-25(30)31/h2-3,5,7,11-14,17,21,23,26H,4,6,8-10,15-16H2,1H3,(H,30,31). The van der Waals surface area contributed by atoms with Gasteiger partial charge < -0.3 is 14.7 Å². The van der Waals surface area contributed by atoms with Crippen molar-refractivity contribution in [1.82, 2.24) is 4.90 Å². The molecule has 3 atom stereocenters. The van der Waals surface area contributed by atoms with Crippen LogP contribution in [0, 0.1) is 5.92 Å². The van der Waals surface area contributed by atoms with Crippen molar-refractivity contribution in [3.05, 3.63) is 54.1 Å². The average Bonchev–Trinajstić information content (AvgIpc) is 3.58. The molecule has 0 aromatic heterocycles. The predicted octanol–water partition coefficient (Wildman–Crippen LogP) is 3.97. The highest BCUT2D eigenvalue weighted by Gasteiger charge is 2.52. The van der Waals surface area contributed by atoms with Crippen LogP contribution < -0.4 is 9.04 Å². The summed E-state index contributed by atoms with van der Waals surface area (Å²) in [6.07, 6.45) is 3.93. The lowest BCUT2D eigenvalue weighted by Crippen LogP contribution is -2.52. The van der Waals surface area contributed by atoms with E-state index in [1.165, 1.54) is 7.11 Å². The van der Waals surface area contributed by atoms with Crippen molar-refractivity contribution >= 4 is 27.6 Å². The molecule has 1 amide bonds. The van der Waals surface area contributed by atoms with E-state index in [4.69, 9.17) is 9.84 Å². The van der Waals surface area contributed by atoms with E-state index >= 15 is 0 Å². The van der Waals surface area contributed by atoms with Gasteiger partial charge in [-0.15, -0.1) is 0 Å². The van der Waals surface area contributed by atoms with E-state index in [0.717, 1.165) is 31.2 Å². The maximum absolute atomic E-state index is 14.0. The van der Waals surface area contributed by atoms with Crippen LogP contribution in [0.25, 0.3) is 0 Å². The number of sulfonamides is 1. The predicted molar refractivity (Wildman–Crippen MR) is 130 cm³/mol. The van der Waals surface area contributed by atoms with Gasteiger partial charge in [0.25, 0.3) is 10.0 Å². The van der Waals surface area contributed by atoms with E-state index in [0.29, 0.717) is 17.9 Å². The number of ether oxygens (including phenoxy) is 1. The summed E-state index contributed by atoms with van der Waals surface area (Å²) in [5.74, 6) is -0.616. The second-order valence-corrected chi connectivity index (χ2v) is 11.4. The molecule has 5 rings (SSSR count). The Bertz CT molecular complexity index is 1220. The largest absolute Gasteiger partial charge is 0.497 e. The zero-order chi connectivity index (χ0) is 24.7. The summed E-state index contributed by atoms with van der Waals surface area (Å²) in [5.41, 5.74) is 1.43. The molecule has 35 heavy (non-hydrogen) atoms. The Labute approximate surface area is 205 Å². The van der Waals surface area contributed by atoms with Gasteiger partial charge in [-0.1, -0.05) is 24.6 Å². The highest BCUT2D eigenvalue weighted by molar-refractivity contribution is 7.92. The fourth-order valence-electron chi connectivity index (χ4n) is 5.78. The van der Waals surface area contributed by atoms with E-state index in [9.17, 15) is 18.0 Å². The summed E-state index contributed by atoms with van der Waals surface area (Å²) in [5, 5.41) is 9.13. The third kappa shape index (κ3) is 4.26. The van der Waals surface area contributed by atoms with Crippen LogP contribution in [0.1, 0.15) is 56.6 Å². The molecule has 0 radical (unpaired) electrons. The molecule has 0 saturated heterocycles. The van der Waals surface area contributed by atoms with Gasteiger partial charge in [-0.25, -0.2) is 8.42 Å². The molecule has 3 unspecified atom stereocenters. The number of benzene rings is 2. The van der Waals surface area contributed by atoms with Crippen molar-refractivity contribution in [1.29, 1.82) is 0 Å². The van der Waals surface area contributed by atoms with Crippen LogP contribution in [0.5, 0.6) is 5.75 Å².